The van der Waals surface area contributed by atoms with Gasteiger partial charge in [-0.15, -0.1) is 0 Å². The number of unbranched alkanes of at least 4 members (excludes halogenated alkanes) is 1. The number of para-hydroxylation sites is 1. The number of nitrogens with two attached hydrogens (primary N) is 4. The average molecular weight is 1960 g/mol. The van der Waals surface area contributed by atoms with Crippen molar-refractivity contribution in [3.05, 3.63) is 84.2 Å². The van der Waals surface area contributed by atoms with Gasteiger partial charge in [-0.1, -0.05) is 96.7 Å². The second-order valence-electron chi connectivity index (χ2n) is 33.7. The van der Waals surface area contributed by atoms with Gasteiger partial charge in [0.2, 0.25) is 112 Å². The van der Waals surface area contributed by atoms with Crippen molar-refractivity contribution in [3.63, 3.8) is 0 Å². The van der Waals surface area contributed by atoms with Gasteiger partial charge in [-0.05, 0) is 80.5 Å². The highest BCUT2D eigenvalue weighted by atomic mass is 32.2. The number of H-pyrrole nitrogens is 1. The summed E-state index contributed by atoms with van der Waals surface area (Å²) in [4.78, 5) is 322. The van der Waals surface area contributed by atoms with Crippen LogP contribution in [0.4, 0.5) is 0 Å². The number of hydrogen-bond acceptors (Lipinski definition) is 28. The van der Waals surface area contributed by atoms with E-state index in [2.05, 4.69) is 102 Å². The summed E-state index contributed by atoms with van der Waals surface area (Å²) in [6, 6.07) is -14.8. The van der Waals surface area contributed by atoms with E-state index in [-0.39, 0.29) is 51.6 Å². The van der Waals surface area contributed by atoms with E-state index in [9.17, 15) is 82.4 Å². The van der Waals surface area contributed by atoms with E-state index >= 15 is 38.4 Å². The second kappa shape index (κ2) is 53.3. The first-order valence-electron chi connectivity index (χ1n) is 43.9. The van der Waals surface area contributed by atoms with Crippen molar-refractivity contribution in [2.24, 2.45) is 34.8 Å². The number of carboxylic acids is 2. The first-order chi connectivity index (χ1) is 64.4. The van der Waals surface area contributed by atoms with Gasteiger partial charge in [0.25, 0.3) is 5.91 Å². The van der Waals surface area contributed by atoms with E-state index in [4.69, 9.17) is 22.9 Å². The molecule has 0 radical (unpaired) electrons. The summed E-state index contributed by atoms with van der Waals surface area (Å²) in [7, 11) is 0. The molecule has 0 unspecified atom stereocenters. The quantitative estimate of drug-likeness (QED) is 0.0328. The van der Waals surface area contributed by atoms with Crippen molar-refractivity contribution in [2.75, 3.05) is 55.8 Å². The largest absolute Gasteiger partial charge is 0.481 e. The Kier molecular flexibility index (Phi) is 43.1. The Balaban J connectivity index is 1.42. The van der Waals surface area contributed by atoms with Gasteiger partial charge < -0.3 is 139 Å². The lowest BCUT2D eigenvalue weighted by Crippen LogP contribution is -2.63. The fourth-order valence-electron chi connectivity index (χ4n) is 14.7. The second-order valence-corrected chi connectivity index (χ2v) is 37.6. The highest BCUT2D eigenvalue weighted by Gasteiger charge is 2.44. The van der Waals surface area contributed by atoms with Gasteiger partial charge in [0.15, 0.2) is 0 Å². The number of benzene rings is 2. The molecule has 136 heavy (non-hydrogen) atoms. The number of hydrogen-bond donors (Lipinski definition) is 25. The minimum Gasteiger partial charge on any atom is -0.481 e. The number of carbonyl (C=O) groups is 22. The number of amides is 20. The van der Waals surface area contributed by atoms with E-state index < -0.39 is 330 Å². The highest BCUT2D eigenvalue weighted by molar-refractivity contribution is 8.00. The molecule has 4 fully saturated rings. The Morgan fingerprint density at radius 3 is 1.76 bits per heavy atom. The van der Waals surface area contributed by atoms with E-state index in [1.165, 1.54) is 38.8 Å². The summed E-state index contributed by atoms with van der Waals surface area (Å²) < 4.78 is 0. The normalized spacial score (nSPS) is 26.9. The van der Waals surface area contributed by atoms with Crippen LogP contribution >= 0.6 is 35.3 Å². The average Bonchev–Trinajstić information content (AvgIpc) is 1.59. The van der Waals surface area contributed by atoms with Crippen LogP contribution in [0.25, 0.3) is 10.9 Å². The maximum Gasteiger partial charge on any atom is 0.326 e. The summed E-state index contributed by atoms with van der Waals surface area (Å²) in [5, 5.41) is 70.6. The molecule has 48 nitrogen and oxygen atoms in total. The lowest BCUT2D eigenvalue weighted by molar-refractivity contribution is -0.142. The highest BCUT2D eigenvalue weighted by Crippen LogP contribution is 2.25. The number of nitrogens with one attached hydrogen (secondary N) is 18. The van der Waals surface area contributed by atoms with Crippen LogP contribution in [0.5, 0.6) is 0 Å². The zero-order valence-corrected chi connectivity index (χ0v) is 78.1. The molecule has 4 saturated heterocycles. The number of thioether (sulfide) groups is 3. The number of primary amides is 2. The lowest BCUT2D eigenvalue weighted by atomic mass is 10.0. The lowest BCUT2D eigenvalue weighted by Gasteiger charge is -2.31. The van der Waals surface area contributed by atoms with Gasteiger partial charge in [0.1, 0.15) is 90.6 Å². The molecule has 18 atom stereocenters. The molecule has 7 rings (SSSR count). The number of aliphatic carboxylic acids is 2. The Labute approximate surface area is 793 Å². The van der Waals surface area contributed by atoms with Gasteiger partial charge in [0.05, 0.1) is 44.3 Å². The molecule has 20 amide bonds. The molecule has 0 aliphatic carbocycles. The van der Waals surface area contributed by atoms with Crippen LogP contribution in [0, 0.1) is 11.8 Å². The van der Waals surface area contributed by atoms with E-state index in [1.807, 2.05) is 0 Å². The Morgan fingerprint density at radius 2 is 1.12 bits per heavy atom. The number of nitrogens with zero attached hydrogens (tertiary/aromatic N) is 1. The van der Waals surface area contributed by atoms with Crippen LogP contribution in [0.1, 0.15) is 117 Å². The fourth-order valence-corrected chi connectivity index (χ4v) is 18.0. The summed E-state index contributed by atoms with van der Waals surface area (Å²) in [6.45, 7) is 9.63. The molecule has 4 bridgehead atoms. The number of aromatic amines is 1. The number of carboxylic acid groups (broad SMARTS) is 2. The summed E-state index contributed by atoms with van der Waals surface area (Å²) >= 11 is 1.86. The summed E-state index contributed by atoms with van der Waals surface area (Å²) in [5.41, 5.74) is 23.8. The van der Waals surface area contributed by atoms with Crippen molar-refractivity contribution < 1.29 is 121 Å². The smallest absolute Gasteiger partial charge is 0.326 e. The van der Waals surface area contributed by atoms with E-state index in [1.54, 1.807) is 68.4 Å². The van der Waals surface area contributed by atoms with Crippen molar-refractivity contribution in [1.29, 1.82) is 0 Å². The maximum atomic E-state index is 15.8. The van der Waals surface area contributed by atoms with Gasteiger partial charge in [-0.2, -0.15) is 35.3 Å². The number of fused-ring (bicyclic) bond motifs is 10. The Morgan fingerprint density at radius 1 is 0.551 bits per heavy atom. The molecular weight excluding hydrogens is 1840 g/mol. The minimum absolute atomic E-state index is 0.0184. The predicted molar refractivity (Wildman–Crippen MR) is 493 cm³/mol. The van der Waals surface area contributed by atoms with E-state index in [0.717, 1.165) is 11.8 Å². The zero-order chi connectivity index (χ0) is 100. The third kappa shape index (κ3) is 33.8. The molecule has 29 N–H and O–H groups in total. The van der Waals surface area contributed by atoms with E-state index in [0.29, 0.717) is 52.0 Å². The maximum absolute atomic E-state index is 15.8. The monoisotopic (exact) mass is 1960 g/mol. The number of rotatable bonds is 22. The van der Waals surface area contributed by atoms with Crippen molar-refractivity contribution in [2.45, 2.75) is 226 Å². The summed E-state index contributed by atoms with van der Waals surface area (Å²) in [5.74, 6) is -31.7. The van der Waals surface area contributed by atoms with Crippen LogP contribution in [0.15, 0.2) is 73.1 Å². The number of aromatic nitrogens is 1. The van der Waals surface area contributed by atoms with Crippen LogP contribution in [-0.4, -0.2) is 318 Å². The number of aliphatic hydroxyl groups excluding tert-OH is 1. The molecule has 0 saturated carbocycles. The van der Waals surface area contributed by atoms with Crippen LogP contribution in [0.3, 0.4) is 0 Å². The molecule has 744 valence electrons. The summed E-state index contributed by atoms with van der Waals surface area (Å²) in [6.07, 6.45) is -2.45. The Hall–Kier alpha value is -13.0. The molecular formula is C85H121N23O25S3. The number of aliphatic hydroxyl groups is 1. The van der Waals surface area contributed by atoms with Crippen LogP contribution in [-0.2, 0) is 118 Å². The molecule has 51 heteroatoms. The minimum atomic E-state index is -2.29. The third-order valence-electron chi connectivity index (χ3n) is 22.2. The standard InChI is InChI=1S/C85H121N23O25S3/c1-39(2)26-51-75(122)106-68-43(7)136-38-59(78(125)93-41(5)69(116)97-52(27-44-16-9-8-10-17-44)71(118)92-33-64(113)108-25-15-21-60(108)81(128)99-51)104-80(127)58-37-134-36-57(103-77(124)56(34-109)101-74(121)53(100-84(68)131)28-45-31-90-48-19-12-11-18-46(45)48)79(126)98-55(30-65(114)115)72(119)91-32-63(112)94-54(29-62(89)111)76(123)107-67(83(130)96-50(85(132)133)20-13-14-24-86)42(6)135-35-47(87)70(117)105-66(40(3)4)82(129)95-49(73(120)102-58)22-23-61(88)110/h8-12,16-19,31,39-40,42-43,47,49-60,66-68,90,109H,5,13-15,20-30,32-38,86-87H2,1-4,6-7H3,(H2,88,110)(H2,89,111)(H,91,119)(H,92,118)(H,93,125)(H,94,112)(H,95,129)(H,96,130)(H,97,116)(H,98,126)(H,99,128)(H,100,131)(H,101,121)(H,102,120)(H,103,124)(H,104,127)(H,105,117)(H,106,122)(H,107,123)(H,114,115)(H,132,133)/t42-,43-,47-,49-,50-,51-,52-,53-,54-,55-,56-,57-,58+,59-,60-,66-,67+,68+/m0/s1. The first kappa shape index (κ1) is 110. The van der Waals surface area contributed by atoms with Crippen molar-refractivity contribution in [3.8, 4) is 0 Å². The topological polar surface area (TPSA) is 764 Å². The molecule has 4 aliphatic rings. The zero-order valence-electron chi connectivity index (χ0n) is 75.7. The fraction of sp³-hybridized carbons (Fsp3) is 0.553. The molecule has 2 aromatic carbocycles. The molecule has 4 aliphatic heterocycles. The van der Waals surface area contributed by atoms with Crippen molar-refractivity contribution >= 4 is 176 Å². The molecule has 1 aromatic heterocycles. The third-order valence-corrected chi connectivity index (χ3v) is 26.0. The van der Waals surface area contributed by atoms with Gasteiger partial charge in [-0.25, -0.2) is 4.79 Å². The SMILES string of the molecule is C=C1NC(=O)[C@@H]2CS[C@@H](C)[C@@H](NC(=O)[C@H](CC(C)C)NC(=O)[C@@H]3CCCN3C(=O)CNC(=O)[C@H](Cc3ccccc3)NC1=O)C(=O)N[C@@H](Cc1c[nH]c3ccccc13)C(=O)N[C@@H](CO)C(=O)N[C@H]1CSC[C@@H](NC(=O)[C@H](CCC(N)=O)NC(=O)[C@H](C(C)C)NC(=O)[C@@H](N)CS[C@@H](C)[C@H](C(=O)N[C@@H](CCCCN)C(=O)O)NC(=O)[C@H](CC(N)=O)NC(=O)CNC(=O)[C@H](CC(=O)O)NC1=O)C(=O)N2. The predicted octanol–water partition coefficient (Wildman–Crippen LogP) is -8.54. The van der Waals surface area contributed by atoms with Crippen molar-refractivity contribution in [1.82, 2.24) is 100 Å². The number of carbonyl (C=O) groups excluding carboxylic acids is 20. The first-order valence-corrected chi connectivity index (χ1v) is 47.2. The van der Waals surface area contributed by atoms with Crippen LogP contribution in [0.2, 0.25) is 0 Å². The Bertz CT molecular complexity index is 4910. The van der Waals surface area contributed by atoms with Crippen LogP contribution < -0.4 is 113 Å². The molecule has 0 spiro atoms. The van der Waals surface area contributed by atoms with Gasteiger partial charge in [-0.3, -0.25) is 101 Å². The molecule has 3 aromatic rings. The van der Waals surface area contributed by atoms with Gasteiger partial charge >= 0.3 is 11.9 Å². The van der Waals surface area contributed by atoms with Gasteiger partial charge in [0, 0.05) is 76.4 Å². The molecule has 5 heterocycles.